The Hall–Kier alpha value is -0.780. The van der Waals surface area contributed by atoms with Crippen molar-refractivity contribution in [2.24, 2.45) is 0 Å². The molecule has 0 N–H and O–H groups in total. The summed E-state index contributed by atoms with van der Waals surface area (Å²) < 4.78 is 21.0. The lowest BCUT2D eigenvalue weighted by atomic mass is 10.3. The van der Waals surface area contributed by atoms with Gasteiger partial charge in [0.15, 0.2) is 13.6 Å². The normalized spacial score (nSPS) is 10.1. The van der Waals surface area contributed by atoms with E-state index in [4.69, 9.17) is 18.9 Å². The third-order valence-corrected chi connectivity index (χ3v) is 2.20. The van der Waals surface area contributed by atoms with Gasteiger partial charge in [0.1, 0.15) is 11.5 Å². The number of methoxy groups -OCH3 is 2. The fourth-order valence-electron chi connectivity index (χ4n) is 0.938. The number of ether oxygens (including phenoxy) is 4. The Morgan fingerprint density at radius 1 is 1.07 bits per heavy atom. The molecular weight excluding hydrogens is 264 g/mol. The van der Waals surface area contributed by atoms with Crippen LogP contribution in [0.15, 0.2) is 22.7 Å². The van der Waals surface area contributed by atoms with Crippen LogP contribution in [-0.2, 0) is 9.47 Å². The predicted octanol–water partition coefficient (Wildman–Crippen LogP) is 2.41. The SMILES string of the molecule is COCOc1ccc(OCOC)c(Br)c1. The maximum atomic E-state index is 5.29. The van der Waals surface area contributed by atoms with Crippen LogP contribution in [0.3, 0.4) is 0 Å². The topological polar surface area (TPSA) is 36.9 Å². The summed E-state index contributed by atoms with van der Waals surface area (Å²) >= 11 is 3.37. The van der Waals surface area contributed by atoms with E-state index < -0.39 is 0 Å². The lowest BCUT2D eigenvalue weighted by Gasteiger charge is -2.09. The molecule has 0 unspecified atom stereocenters. The van der Waals surface area contributed by atoms with Gasteiger partial charge in [-0.05, 0) is 34.1 Å². The molecule has 15 heavy (non-hydrogen) atoms. The molecule has 0 amide bonds. The lowest BCUT2D eigenvalue weighted by molar-refractivity contribution is 0.0479. The third kappa shape index (κ3) is 4.07. The smallest absolute Gasteiger partial charge is 0.188 e. The van der Waals surface area contributed by atoms with Gasteiger partial charge < -0.3 is 18.9 Å². The van der Waals surface area contributed by atoms with Crippen molar-refractivity contribution in [3.8, 4) is 11.5 Å². The van der Waals surface area contributed by atoms with Crippen molar-refractivity contribution < 1.29 is 18.9 Å². The van der Waals surface area contributed by atoms with Gasteiger partial charge in [0.25, 0.3) is 0 Å². The average Bonchev–Trinajstić information content (AvgIpc) is 2.25. The van der Waals surface area contributed by atoms with Crippen LogP contribution in [0.4, 0.5) is 0 Å². The van der Waals surface area contributed by atoms with E-state index in [2.05, 4.69) is 15.9 Å². The van der Waals surface area contributed by atoms with E-state index in [1.54, 1.807) is 26.4 Å². The van der Waals surface area contributed by atoms with Crippen molar-refractivity contribution >= 4 is 15.9 Å². The first-order chi connectivity index (χ1) is 7.27. The van der Waals surface area contributed by atoms with Gasteiger partial charge in [0, 0.05) is 14.2 Å². The van der Waals surface area contributed by atoms with Crippen molar-refractivity contribution in [1.82, 2.24) is 0 Å². The highest BCUT2D eigenvalue weighted by molar-refractivity contribution is 9.10. The Balaban J connectivity index is 2.61. The van der Waals surface area contributed by atoms with E-state index in [1.165, 1.54) is 0 Å². The van der Waals surface area contributed by atoms with E-state index in [0.29, 0.717) is 11.5 Å². The molecule has 0 aliphatic carbocycles. The third-order valence-electron chi connectivity index (χ3n) is 1.58. The monoisotopic (exact) mass is 276 g/mol. The zero-order valence-electron chi connectivity index (χ0n) is 8.66. The van der Waals surface area contributed by atoms with E-state index in [-0.39, 0.29) is 13.6 Å². The summed E-state index contributed by atoms with van der Waals surface area (Å²) in [6, 6.07) is 5.41. The minimum Gasteiger partial charge on any atom is -0.468 e. The molecule has 0 aromatic heterocycles. The van der Waals surface area contributed by atoms with Crippen molar-refractivity contribution in [2.45, 2.75) is 0 Å². The molecule has 0 heterocycles. The van der Waals surface area contributed by atoms with E-state index in [1.807, 2.05) is 6.07 Å². The first kappa shape index (κ1) is 12.3. The summed E-state index contributed by atoms with van der Waals surface area (Å²) in [5.74, 6) is 1.43. The maximum absolute atomic E-state index is 5.29. The summed E-state index contributed by atoms with van der Waals surface area (Å²) in [6.45, 7) is 0.446. The predicted molar refractivity (Wildman–Crippen MR) is 59.2 cm³/mol. The van der Waals surface area contributed by atoms with Crippen molar-refractivity contribution in [1.29, 1.82) is 0 Å². The average molecular weight is 277 g/mol. The zero-order chi connectivity index (χ0) is 11.1. The number of benzene rings is 1. The summed E-state index contributed by atoms with van der Waals surface area (Å²) in [6.07, 6.45) is 0. The molecular formula is C10H13BrO4. The summed E-state index contributed by atoms with van der Waals surface area (Å²) in [5.41, 5.74) is 0. The molecule has 5 heteroatoms. The molecule has 0 aliphatic rings. The fraction of sp³-hybridized carbons (Fsp3) is 0.400. The number of hydrogen-bond donors (Lipinski definition) is 0. The van der Waals surface area contributed by atoms with Crippen LogP contribution in [0.2, 0.25) is 0 Å². The second kappa shape index (κ2) is 6.66. The molecule has 84 valence electrons. The second-order valence-corrected chi connectivity index (χ2v) is 3.55. The van der Waals surface area contributed by atoms with Crippen LogP contribution in [0.5, 0.6) is 11.5 Å². The van der Waals surface area contributed by atoms with Gasteiger partial charge in [-0.15, -0.1) is 0 Å². The molecule has 4 nitrogen and oxygen atoms in total. The summed E-state index contributed by atoms with van der Waals surface area (Å²) in [7, 11) is 3.15. The molecule has 0 saturated heterocycles. The van der Waals surface area contributed by atoms with Crippen LogP contribution < -0.4 is 9.47 Å². The maximum Gasteiger partial charge on any atom is 0.188 e. The van der Waals surface area contributed by atoms with Crippen molar-refractivity contribution in [3.63, 3.8) is 0 Å². The molecule has 0 bridgehead atoms. The van der Waals surface area contributed by atoms with Crippen LogP contribution in [0, 0.1) is 0 Å². The molecule has 0 saturated carbocycles. The van der Waals surface area contributed by atoms with E-state index in [0.717, 1.165) is 4.47 Å². The Morgan fingerprint density at radius 2 is 1.73 bits per heavy atom. The molecule has 0 fully saturated rings. The standard InChI is InChI=1S/C10H13BrO4/c1-12-6-14-8-3-4-10(9(11)5-8)15-7-13-2/h3-5H,6-7H2,1-2H3. The van der Waals surface area contributed by atoms with E-state index >= 15 is 0 Å². The Morgan fingerprint density at radius 3 is 2.33 bits per heavy atom. The summed E-state index contributed by atoms with van der Waals surface area (Å²) in [5, 5.41) is 0. The van der Waals surface area contributed by atoms with Gasteiger partial charge in [-0.1, -0.05) is 0 Å². The number of hydrogen-bond acceptors (Lipinski definition) is 4. The van der Waals surface area contributed by atoms with Crippen LogP contribution in [0.25, 0.3) is 0 Å². The van der Waals surface area contributed by atoms with Gasteiger partial charge in [-0.25, -0.2) is 0 Å². The Kier molecular flexibility index (Phi) is 5.45. The van der Waals surface area contributed by atoms with Crippen LogP contribution in [-0.4, -0.2) is 27.8 Å². The minimum atomic E-state index is 0.219. The Labute approximate surface area is 97.2 Å². The van der Waals surface area contributed by atoms with Crippen LogP contribution in [0.1, 0.15) is 0 Å². The van der Waals surface area contributed by atoms with Crippen molar-refractivity contribution in [2.75, 3.05) is 27.8 Å². The molecule has 1 aromatic rings. The molecule has 1 rings (SSSR count). The molecule has 0 radical (unpaired) electrons. The largest absolute Gasteiger partial charge is 0.468 e. The molecule has 0 aliphatic heterocycles. The van der Waals surface area contributed by atoms with Gasteiger partial charge in [0.2, 0.25) is 0 Å². The van der Waals surface area contributed by atoms with Gasteiger partial charge >= 0.3 is 0 Å². The fourth-order valence-corrected chi connectivity index (χ4v) is 1.41. The minimum absolute atomic E-state index is 0.219. The highest BCUT2D eigenvalue weighted by Gasteiger charge is 2.02. The van der Waals surface area contributed by atoms with Gasteiger partial charge in [-0.2, -0.15) is 0 Å². The van der Waals surface area contributed by atoms with Crippen molar-refractivity contribution in [3.05, 3.63) is 22.7 Å². The second-order valence-electron chi connectivity index (χ2n) is 2.69. The lowest BCUT2D eigenvalue weighted by Crippen LogP contribution is -2.01. The zero-order valence-corrected chi connectivity index (χ0v) is 10.2. The molecule has 0 spiro atoms. The first-order valence-corrected chi connectivity index (χ1v) is 5.10. The van der Waals surface area contributed by atoms with Crippen LogP contribution >= 0.6 is 15.9 Å². The molecule has 0 atom stereocenters. The first-order valence-electron chi connectivity index (χ1n) is 4.31. The van der Waals surface area contributed by atoms with Gasteiger partial charge in [0.05, 0.1) is 4.47 Å². The molecule has 1 aromatic carbocycles. The van der Waals surface area contributed by atoms with Gasteiger partial charge in [-0.3, -0.25) is 0 Å². The number of halogens is 1. The summed E-state index contributed by atoms with van der Waals surface area (Å²) in [4.78, 5) is 0. The number of rotatable bonds is 6. The van der Waals surface area contributed by atoms with E-state index in [9.17, 15) is 0 Å². The quantitative estimate of drug-likeness (QED) is 0.748. The Bertz CT molecular complexity index is 303. The highest BCUT2D eigenvalue weighted by Crippen LogP contribution is 2.29. The highest BCUT2D eigenvalue weighted by atomic mass is 79.9.